The third-order valence-corrected chi connectivity index (χ3v) is 3.60. The fourth-order valence-electron chi connectivity index (χ4n) is 2.41. The molecular weight excluding hydrogens is 300 g/mol. The largest absolute Gasteiger partial charge is 0.494 e. The highest BCUT2D eigenvalue weighted by Gasteiger charge is 2.10. The monoisotopic (exact) mass is 322 g/mol. The summed E-state index contributed by atoms with van der Waals surface area (Å²) in [6.07, 6.45) is 1.94. The van der Waals surface area contributed by atoms with Gasteiger partial charge in [0.05, 0.1) is 24.1 Å². The Morgan fingerprint density at radius 2 is 1.50 bits per heavy atom. The van der Waals surface area contributed by atoms with Gasteiger partial charge in [0.2, 0.25) is 5.88 Å². The van der Waals surface area contributed by atoms with E-state index in [0.29, 0.717) is 18.3 Å². The van der Waals surface area contributed by atoms with E-state index in [1.165, 1.54) is 0 Å². The van der Waals surface area contributed by atoms with Crippen molar-refractivity contribution in [3.8, 4) is 23.0 Å². The molecule has 0 spiro atoms. The summed E-state index contributed by atoms with van der Waals surface area (Å²) in [6.45, 7) is 5.54. The van der Waals surface area contributed by atoms with Gasteiger partial charge in [0.15, 0.2) is 5.82 Å². The van der Waals surface area contributed by atoms with E-state index in [4.69, 9.17) is 9.47 Å². The van der Waals surface area contributed by atoms with E-state index in [1.807, 2.05) is 48.5 Å². The third-order valence-electron chi connectivity index (χ3n) is 3.60. The van der Waals surface area contributed by atoms with Gasteiger partial charge in [0.1, 0.15) is 5.75 Å². The lowest BCUT2D eigenvalue weighted by Crippen LogP contribution is -2.01. The number of rotatable bonds is 7. The van der Waals surface area contributed by atoms with Gasteiger partial charge in [-0.15, -0.1) is 0 Å². The zero-order chi connectivity index (χ0) is 16.8. The topological polar surface area (TPSA) is 44.2 Å². The highest BCUT2D eigenvalue weighted by Crippen LogP contribution is 2.27. The van der Waals surface area contributed by atoms with Gasteiger partial charge in [0.25, 0.3) is 0 Å². The first kappa shape index (κ1) is 16.2. The number of hydrogen-bond donors (Lipinski definition) is 0. The van der Waals surface area contributed by atoms with Crippen molar-refractivity contribution in [1.82, 2.24) is 9.97 Å². The molecular formula is C20H22N2O2. The summed E-state index contributed by atoms with van der Waals surface area (Å²) in [5.74, 6) is 2.18. The summed E-state index contributed by atoms with van der Waals surface area (Å²) >= 11 is 0. The Hall–Kier alpha value is -2.62. The van der Waals surface area contributed by atoms with E-state index in [1.54, 1.807) is 0 Å². The lowest BCUT2D eigenvalue weighted by Gasteiger charge is -2.10. The fraction of sp³-hybridized carbons (Fsp3) is 0.300. The molecule has 0 atom stereocenters. The maximum atomic E-state index is 5.83. The van der Waals surface area contributed by atoms with Crippen LogP contribution in [-0.2, 0) is 0 Å². The average Bonchev–Trinajstić information content (AvgIpc) is 2.64. The molecule has 0 saturated heterocycles. The van der Waals surface area contributed by atoms with Crippen LogP contribution in [0.3, 0.4) is 0 Å². The molecule has 0 aliphatic carbocycles. The van der Waals surface area contributed by atoms with Crippen molar-refractivity contribution >= 4 is 10.9 Å². The number of nitrogens with zero attached hydrogens (tertiary/aromatic N) is 2. The minimum absolute atomic E-state index is 0.642. The first-order valence-electron chi connectivity index (χ1n) is 8.44. The smallest absolute Gasteiger partial charge is 0.225 e. The van der Waals surface area contributed by atoms with Crippen molar-refractivity contribution in [3.05, 3.63) is 48.5 Å². The van der Waals surface area contributed by atoms with Crippen LogP contribution in [-0.4, -0.2) is 23.2 Å². The van der Waals surface area contributed by atoms with Crippen molar-refractivity contribution in [3.63, 3.8) is 0 Å². The van der Waals surface area contributed by atoms with Crippen LogP contribution in [0.15, 0.2) is 48.5 Å². The molecule has 124 valence electrons. The number of hydrogen-bond acceptors (Lipinski definition) is 4. The highest BCUT2D eigenvalue weighted by molar-refractivity contribution is 5.85. The second-order valence-corrected chi connectivity index (χ2v) is 5.59. The van der Waals surface area contributed by atoms with Gasteiger partial charge < -0.3 is 9.47 Å². The summed E-state index contributed by atoms with van der Waals surface area (Å²) in [5, 5.41) is 0.942. The van der Waals surface area contributed by atoms with E-state index in [2.05, 4.69) is 23.8 Å². The first-order valence-corrected chi connectivity index (χ1v) is 8.44. The molecule has 24 heavy (non-hydrogen) atoms. The van der Waals surface area contributed by atoms with Gasteiger partial charge in [0, 0.05) is 5.56 Å². The fourth-order valence-corrected chi connectivity index (χ4v) is 2.41. The lowest BCUT2D eigenvalue weighted by molar-refractivity contribution is 0.309. The normalized spacial score (nSPS) is 10.8. The molecule has 1 heterocycles. The molecule has 2 aromatic carbocycles. The summed E-state index contributed by atoms with van der Waals surface area (Å²) in [7, 11) is 0. The Bertz CT molecular complexity index is 800. The second kappa shape index (κ2) is 7.77. The van der Waals surface area contributed by atoms with Crippen LogP contribution in [0, 0.1) is 0 Å². The summed E-state index contributed by atoms with van der Waals surface area (Å²) < 4.78 is 11.5. The molecule has 0 unspecified atom stereocenters. The molecule has 0 saturated carbocycles. The van der Waals surface area contributed by atoms with Crippen molar-refractivity contribution < 1.29 is 9.47 Å². The van der Waals surface area contributed by atoms with Crippen LogP contribution in [0.1, 0.15) is 26.7 Å². The van der Waals surface area contributed by atoms with Crippen molar-refractivity contribution in [2.45, 2.75) is 26.7 Å². The molecule has 0 radical (unpaired) electrons. The standard InChI is InChI=1S/C20H22N2O2/c1-3-13-23-16-11-9-15(10-12-16)19-21-18-8-6-5-7-17(18)20(22-19)24-14-4-2/h5-12H,3-4,13-14H2,1-2H3. The maximum Gasteiger partial charge on any atom is 0.225 e. The predicted octanol–water partition coefficient (Wildman–Crippen LogP) is 4.87. The molecule has 3 aromatic rings. The van der Waals surface area contributed by atoms with Crippen molar-refractivity contribution in [1.29, 1.82) is 0 Å². The van der Waals surface area contributed by atoms with Gasteiger partial charge in [-0.1, -0.05) is 26.0 Å². The quantitative estimate of drug-likeness (QED) is 0.622. The second-order valence-electron chi connectivity index (χ2n) is 5.59. The predicted molar refractivity (Wildman–Crippen MR) is 96.5 cm³/mol. The number of ether oxygens (including phenoxy) is 2. The van der Waals surface area contributed by atoms with Gasteiger partial charge in [-0.25, -0.2) is 4.98 Å². The molecule has 4 heteroatoms. The lowest BCUT2D eigenvalue weighted by atomic mass is 10.2. The molecule has 0 bridgehead atoms. The molecule has 0 aliphatic heterocycles. The van der Waals surface area contributed by atoms with Gasteiger partial charge in [-0.05, 0) is 49.2 Å². The number of fused-ring (bicyclic) bond motifs is 1. The van der Waals surface area contributed by atoms with E-state index in [0.717, 1.165) is 41.7 Å². The number of para-hydroxylation sites is 1. The van der Waals surface area contributed by atoms with E-state index < -0.39 is 0 Å². The van der Waals surface area contributed by atoms with Gasteiger partial charge >= 0.3 is 0 Å². The van der Waals surface area contributed by atoms with Crippen LogP contribution in [0.4, 0.5) is 0 Å². The summed E-state index contributed by atoms with van der Waals surface area (Å²) in [6, 6.07) is 15.8. The van der Waals surface area contributed by atoms with E-state index in [-0.39, 0.29) is 0 Å². The van der Waals surface area contributed by atoms with E-state index >= 15 is 0 Å². The van der Waals surface area contributed by atoms with Crippen LogP contribution in [0.2, 0.25) is 0 Å². The van der Waals surface area contributed by atoms with Crippen LogP contribution >= 0.6 is 0 Å². The number of aromatic nitrogens is 2. The van der Waals surface area contributed by atoms with Crippen LogP contribution < -0.4 is 9.47 Å². The zero-order valence-electron chi connectivity index (χ0n) is 14.2. The Labute approximate surface area is 142 Å². The SMILES string of the molecule is CCCOc1ccc(-c2nc(OCCC)c3ccccc3n2)cc1. The summed E-state index contributed by atoms with van der Waals surface area (Å²) in [4.78, 5) is 9.30. The minimum atomic E-state index is 0.642. The highest BCUT2D eigenvalue weighted by atomic mass is 16.5. The molecule has 1 aromatic heterocycles. The Balaban J connectivity index is 1.96. The Morgan fingerprint density at radius 1 is 0.792 bits per heavy atom. The number of benzene rings is 2. The van der Waals surface area contributed by atoms with Gasteiger partial charge in [-0.2, -0.15) is 4.98 Å². The van der Waals surface area contributed by atoms with Gasteiger partial charge in [-0.3, -0.25) is 0 Å². The third kappa shape index (κ3) is 3.65. The molecule has 0 aliphatic rings. The maximum absolute atomic E-state index is 5.83. The summed E-state index contributed by atoms with van der Waals surface area (Å²) in [5.41, 5.74) is 1.84. The molecule has 0 amide bonds. The molecule has 4 nitrogen and oxygen atoms in total. The van der Waals surface area contributed by atoms with Crippen molar-refractivity contribution in [2.24, 2.45) is 0 Å². The Kier molecular flexibility index (Phi) is 5.26. The molecule has 0 fully saturated rings. The van der Waals surface area contributed by atoms with E-state index in [9.17, 15) is 0 Å². The van der Waals surface area contributed by atoms with Crippen molar-refractivity contribution in [2.75, 3.05) is 13.2 Å². The molecule has 3 rings (SSSR count). The minimum Gasteiger partial charge on any atom is -0.494 e. The molecule has 0 N–H and O–H groups in total. The zero-order valence-corrected chi connectivity index (χ0v) is 14.2. The first-order chi connectivity index (χ1) is 11.8. The average molecular weight is 322 g/mol. The van der Waals surface area contributed by atoms with Crippen LogP contribution in [0.25, 0.3) is 22.3 Å². The Morgan fingerprint density at radius 3 is 2.25 bits per heavy atom. The van der Waals surface area contributed by atoms with Crippen LogP contribution in [0.5, 0.6) is 11.6 Å².